The Balaban J connectivity index is 3.40. The molecular weight excluding hydrogens is 216 g/mol. The average Bonchev–Trinajstić information content (AvgIpc) is 2.27. The Morgan fingerprint density at radius 3 is 1.44 bits per heavy atom. The molecule has 2 N–H and O–H groups in total. The Kier molecular flexibility index (Phi) is 9.64. The molecule has 0 aliphatic heterocycles. The summed E-state index contributed by atoms with van der Waals surface area (Å²) in [6.45, 7) is 0.0441. The minimum atomic E-state index is -0.621. The Hall–Kier alpha value is -1.14. The van der Waals surface area contributed by atoms with Gasteiger partial charge in [-0.2, -0.15) is 0 Å². The Labute approximate surface area is 94.1 Å². The highest BCUT2D eigenvalue weighted by molar-refractivity contribution is 5.72. The molecule has 0 aromatic heterocycles. The van der Waals surface area contributed by atoms with E-state index >= 15 is 0 Å². The number of carbonyl (C=O) groups is 2. The van der Waals surface area contributed by atoms with E-state index in [1.807, 2.05) is 0 Å². The minimum absolute atomic E-state index is 0.0221. The largest absolute Gasteiger partial charge is 0.396 e. The Bertz CT molecular complexity index is 181. The first kappa shape index (κ1) is 14.9. The van der Waals surface area contributed by atoms with Crippen LogP contribution in [-0.2, 0) is 19.4 Å². The van der Waals surface area contributed by atoms with Crippen LogP contribution in [0, 0.1) is 0 Å². The second kappa shape index (κ2) is 10.4. The average molecular weight is 234 g/mol. The number of unbranched alkanes of at least 4 members (excludes halogenated alkanes) is 2. The molecule has 0 radical (unpaired) electrons. The zero-order valence-corrected chi connectivity index (χ0v) is 9.18. The second-order valence-corrected chi connectivity index (χ2v) is 3.27. The maximum absolute atomic E-state index is 10.9. The lowest BCUT2D eigenvalue weighted by molar-refractivity contribution is -0.259. The summed E-state index contributed by atoms with van der Waals surface area (Å²) in [5.41, 5.74) is 0. The van der Waals surface area contributed by atoms with Crippen LogP contribution in [0.4, 0.5) is 0 Å². The molecule has 94 valence electrons. The van der Waals surface area contributed by atoms with Gasteiger partial charge in [-0.3, -0.25) is 0 Å². The third-order valence-corrected chi connectivity index (χ3v) is 1.81. The van der Waals surface area contributed by atoms with E-state index in [0.29, 0.717) is 25.7 Å². The van der Waals surface area contributed by atoms with Crippen molar-refractivity contribution in [3.63, 3.8) is 0 Å². The van der Waals surface area contributed by atoms with Crippen LogP contribution >= 0.6 is 0 Å². The summed E-state index contributed by atoms with van der Waals surface area (Å²) in [6, 6.07) is 0. The predicted molar refractivity (Wildman–Crippen MR) is 54.1 cm³/mol. The van der Waals surface area contributed by atoms with Crippen LogP contribution in [0.5, 0.6) is 0 Å². The summed E-state index contributed by atoms with van der Waals surface area (Å²) in [5.74, 6) is -1.24. The highest BCUT2D eigenvalue weighted by Gasteiger charge is 2.08. The van der Waals surface area contributed by atoms with Crippen LogP contribution in [0.3, 0.4) is 0 Å². The third-order valence-electron chi connectivity index (χ3n) is 1.81. The van der Waals surface area contributed by atoms with Crippen molar-refractivity contribution in [3.05, 3.63) is 0 Å². The Morgan fingerprint density at radius 1 is 0.750 bits per heavy atom. The first-order valence-corrected chi connectivity index (χ1v) is 5.32. The quantitative estimate of drug-likeness (QED) is 0.357. The van der Waals surface area contributed by atoms with Crippen molar-refractivity contribution in [2.75, 3.05) is 13.2 Å². The molecule has 6 nitrogen and oxygen atoms in total. The summed E-state index contributed by atoms with van der Waals surface area (Å²) in [6.07, 6.45) is 2.25. The maximum atomic E-state index is 10.9. The monoisotopic (exact) mass is 234 g/mol. The van der Waals surface area contributed by atoms with Gasteiger partial charge in [-0.05, 0) is 25.7 Å². The molecule has 0 atom stereocenters. The Morgan fingerprint density at radius 2 is 1.12 bits per heavy atom. The molecule has 0 aliphatic rings. The van der Waals surface area contributed by atoms with Crippen LogP contribution in [0.2, 0.25) is 0 Å². The zero-order chi connectivity index (χ0) is 12.2. The van der Waals surface area contributed by atoms with Crippen molar-refractivity contribution in [1.82, 2.24) is 0 Å². The van der Waals surface area contributed by atoms with Gasteiger partial charge in [0.1, 0.15) is 0 Å². The van der Waals surface area contributed by atoms with Gasteiger partial charge in [0.2, 0.25) is 0 Å². The lowest BCUT2D eigenvalue weighted by Gasteiger charge is -2.02. The van der Waals surface area contributed by atoms with Crippen LogP contribution < -0.4 is 0 Å². The smallest absolute Gasteiger partial charge is 0.355 e. The van der Waals surface area contributed by atoms with Gasteiger partial charge >= 0.3 is 11.9 Å². The summed E-state index contributed by atoms with van der Waals surface area (Å²) in [4.78, 5) is 30.4. The van der Waals surface area contributed by atoms with Gasteiger partial charge in [-0.25, -0.2) is 19.4 Å². The number of hydrogen-bond donors (Lipinski definition) is 2. The molecule has 0 aromatic carbocycles. The van der Waals surface area contributed by atoms with Gasteiger partial charge in [0.05, 0.1) is 12.8 Å². The summed E-state index contributed by atoms with van der Waals surface area (Å²) < 4.78 is 0. The highest BCUT2D eigenvalue weighted by atomic mass is 17.2. The molecule has 6 heteroatoms. The summed E-state index contributed by atoms with van der Waals surface area (Å²) >= 11 is 0. The van der Waals surface area contributed by atoms with E-state index in [1.165, 1.54) is 0 Å². The lowest BCUT2D eigenvalue weighted by Crippen LogP contribution is -2.11. The molecule has 0 spiro atoms. The van der Waals surface area contributed by atoms with E-state index in [-0.39, 0.29) is 26.1 Å². The van der Waals surface area contributed by atoms with Crippen LogP contribution in [0.15, 0.2) is 0 Å². The molecule has 0 amide bonds. The number of aliphatic hydroxyl groups is 2. The highest BCUT2D eigenvalue weighted by Crippen LogP contribution is 2.00. The van der Waals surface area contributed by atoms with Crippen molar-refractivity contribution in [2.24, 2.45) is 0 Å². The van der Waals surface area contributed by atoms with Gasteiger partial charge in [0, 0.05) is 13.2 Å². The van der Waals surface area contributed by atoms with E-state index in [9.17, 15) is 9.59 Å². The van der Waals surface area contributed by atoms with Gasteiger partial charge < -0.3 is 10.2 Å². The molecule has 0 aromatic rings. The predicted octanol–water partition coefficient (Wildman–Crippen LogP) is 0.313. The molecule has 0 bridgehead atoms. The van der Waals surface area contributed by atoms with Gasteiger partial charge in [0.15, 0.2) is 0 Å². The molecular formula is C10H18O6. The first-order chi connectivity index (χ1) is 7.70. The fraction of sp³-hybridized carbons (Fsp3) is 0.800. The van der Waals surface area contributed by atoms with Crippen molar-refractivity contribution < 1.29 is 29.6 Å². The fourth-order valence-electron chi connectivity index (χ4n) is 0.939. The minimum Gasteiger partial charge on any atom is -0.396 e. The van der Waals surface area contributed by atoms with Gasteiger partial charge in [-0.15, -0.1) is 0 Å². The number of carbonyl (C=O) groups excluding carboxylic acids is 2. The van der Waals surface area contributed by atoms with E-state index in [2.05, 4.69) is 9.78 Å². The number of rotatable bonds is 8. The first-order valence-electron chi connectivity index (χ1n) is 5.32. The summed E-state index contributed by atoms with van der Waals surface area (Å²) in [5, 5.41) is 16.9. The molecule has 0 saturated heterocycles. The van der Waals surface area contributed by atoms with E-state index < -0.39 is 11.9 Å². The maximum Gasteiger partial charge on any atom is 0.355 e. The standard InChI is InChI=1S/C10H18O6/c11-7-3-1-5-9(13)15-16-10(14)6-2-4-8-12/h11-12H,1-8H2. The molecule has 0 fully saturated rings. The fourth-order valence-corrected chi connectivity index (χ4v) is 0.939. The molecule has 0 unspecified atom stereocenters. The van der Waals surface area contributed by atoms with E-state index in [1.54, 1.807) is 0 Å². The van der Waals surface area contributed by atoms with E-state index in [0.717, 1.165) is 0 Å². The zero-order valence-electron chi connectivity index (χ0n) is 9.18. The van der Waals surface area contributed by atoms with Crippen molar-refractivity contribution in [3.8, 4) is 0 Å². The topological polar surface area (TPSA) is 93.1 Å². The number of aliphatic hydroxyl groups excluding tert-OH is 2. The number of hydrogen-bond acceptors (Lipinski definition) is 6. The molecule has 0 aliphatic carbocycles. The molecule has 16 heavy (non-hydrogen) atoms. The van der Waals surface area contributed by atoms with Crippen LogP contribution in [-0.4, -0.2) is 35.4 Å². The van der Waals surface area contributed by atoms with E-state index in [4.69, 9.17) is 10.2 Å². The van der Waals surface area contributed by atoms with Crippen molar-refractivity contribution in [1.29, 1.82) is 0 Å². The SMILES string of the molecule is O=C(CCCCO)OOC(=O)CCCCO. The van der Waals surface area contributed by atoms with Crippen LogP contribution in [0.25, 0.3) is 0 Å². The molecule has 0 saturated carbocycles. The lowest BCUT2D eigenvalue weighted by atomic mass is 10.2. The normalized spacial score (nSPS) is 9.88. The van der Waals surface area contributed by atoms with Gasteiger partial charge in [-0.1, -0.05) is 0 Å². The second-order valence-electron chi connectivity index (χ2n) is 3.27. The van der Waals surface area contributed by atoms with Crippen LogP contribution in [0.1, 0.15) is 38.5 Å². The van der Waals surface area contributed by atoms with Crippen molar-refractivity contribution in [2.45, 2.75) is 38.5 Å². The third kappa shape index (κ3) is 9.42. The van der Waals surface area contributed by atoms with Gasteiger partial charge in [0.25, 0.3) is 0 Å². The van der Waals surface area contributed by atoms with Crippen molar-refractivity contribution >= 4 is 11.9 Å². The molecule has 0 rings (SSSR count). The summed E-state index contributed by atoms with van der Waals surface area (Å²) in [7, 11) is 0. The molecule has 0 heterocycles.